The quantitative estimate of drug-likeness (QED) is 0.312. The summed E-state index contributed by atoms with van der Waals surface area (Å²) in [4.78, 5) is 105. The van der Waals surface area contributed by atoms with Crippen LogP contribution in [0.2, 0.25) is 0 Å². The van der Waals surface area contributed by atoms with Gasteiger partial charge < -0.3 is 19.7 Å². The number of allylic oxidation sites excluding steroid dienone is 8. The minimum absolute atomic E-state index is 0.0186. The fourth-order valence-electron chi connectivity index (χ4n) is 13.9. The maximum atomic E-state index is 13.9. The SMILES string of the molecule is C[C@]12C=CC(=O)C=C1CC[C@@H]1[C@@H]2C(=O)C[C@@]2(C)[C@H]1CC[C@]2(O)C(=O)COC(=O)CCC(=O)OCC(=O)[C@@]1(O)CC[C@H]2[C@@H]3CCC4=CC(=O)C=C[C@]4(C)[C@H]3C(=O)C[C@@]21C. The molecule has 310 valence electrons. The maximum absolute atomic E-state index is 13.9. The highest BCUT2D eigenvalue weighted by atomic mass is 16.5. The zero-order chi connectivity index (χ0) is 41.8. The van der Waals surface area contributed by atoms with Crippen LogP contribution in [0.1, 0.15) is 105 Å². The first kappa shape index (κ1) is 40.6. The third kappa shape index (κ3) is 5.74. The summed E-state index contributed by atoms with van der Waals surface area (Å²) in [5.41, 5.74) is -5.19. The van der Waals surface area contributed by atoms with E-state index in [9.17, 15) is 48.6 Å². The number of hydrogen-bond donors (Lipinski definition) is 2. The Kier molecular flexibility index (Phi) is 9.59. The van der Waals surface area contributed by atoms with Crippen LogP contribution in [-0.4, -0.2) is 81.3 Å². The zero-order valence-corrected chi connectivity index (χ0v) is 33.8. The minimum Gasteiger partial charge on any atom is -0.458 e. The molecule has 0 bridgehead atoms. The molecule has 0 saturated heterocycles. The summed E-state index contributed by atoms with van der Waals surface area (Å²) < 4.78 is 10.5. The van der Waals surface area contributed by atoms with E-state index in [1.807, 2.05) is 26.0 Å². The van der Waals surface area contributed by atoms with Crippen molar-refractivity contribution in [2.24, 2.45) is 57.2 Å². The third-order valence-corrected chi connectivity index (χ3v) is 17.0. The van der Waals surface area contributed by atoms with Crippen molar-refractivity contribution in [1.82, 2.24) is 0 Å². The molecule has 8 rings (SSSR count). The zero-order valence-electron chi connectivity index (χ0n) is 33.8. The van der Waals surface area contributed by atoms with Crippen molar-refractivity contribution in [1.29, 1.82) is 0 Å². The highest BCUT2D eigenvalue weighted by Gasteiger charge is 2.70. The molecule has 0 radical (unpaired) electrons. The van der Waals surface area contributed by atoms with E-state index in [0.717, 1.165) is 11.1 Å². The van der Waals surface area contributed by atoms with Gasteiger partial charge in [0, 0.05) is 46.3 Å². The number of carbonyl (C=O) groups excluding carboxylic acids is 8. The van der Waals surface area contributed by atoms with Crippen LogP contribution in [0.15, 0.2) is 47.6 Å². The molecule has 0 heterocycles. The van der Waals surface area contributed by atoms with E-state index >= 15 is 0 Å². The van der Waals surface area contributed by atoms with Crippen molar-refractivity contribution in [3.05, 3.63) is 47.6 Å². The lowest BCUT2D eigenvalue weighted by molar-refractivity contribution is -0.173. The van der Waals surface area contributed by atoms with Gasteiger partial charge in [-0.1, -0.05) is 51.0 Å². The van der Waals surface area contributed by atoms with Crippen molar-refractivity contribution in [2.75, 3.05) is 13.2 Å². The number of esters is 2. The van der Waals surface area contributed by atoms with E-state index in [2.05, 4.69) is 0 Å². The number of Topliss-reactive ketones (excluding diaryl/α,β-unsaturated/α-hetero) is 4. The lowest BCUT2D eigenvalue weighted by Gasteiger charge is -2.56. The Morgan fingerprint density at radius 1 is 0.621 bits per heavy atom. The van der Waals surface area contributed by atoms with E-state index in [1.165, 1.54) is 12.2 Å². The largest absolute Gasteiger partial charge is 0.458 e. The van der Waals surface area contributed by atoms with Crippen LogP contribution >= 0.6 is 0 Å². The van der Waals surface area contributed by atoms with Crippen molar-refractivity contribution < 1.29 is 58.0 Å². The Balaban J connectivity index is 0.831. The molecule has 0 unspecified atom stereocenters. The molecule has 8 aliphatic carbocycles. The predicted octanol–water partition coefficient (Wildman–Crippen LogP) is 4.43. The van der Waals surface area contributed by atoms with Crippen LogP contribution in [0.4, 0.5) is 0 Å². The summed E-state index contributed by atoms with van der Waals surface area (Å²) in [7, 11) is 0. The van der Waals surface area contributed by atoms with Crippen LogP contribution in [0.25, 0.3) is 0 Å². The van der Waals surface area contributed by atoms with E-state index in [4.69, 9.17) is 9.47 Å². The van der Waals surface area contributed by atoms with Gasteiger partial charge in [-0.25, -0.2) is 0 Å². The van der Waals surface area contributed by atoms with Gasteiger partial charge in [0.2, 0.25) is 11.6 Å². The molecule has 0 aromatic rings. The second kappa shape index (κ2) is 13.7. The van der Waals surface area contributed by atoms with Gasteiger partial charge >= 0.3 is 11.9 Å². The van der Waals surface area contributed by atoms with E-state index in [1.54, 1.807) is 26.0 Å². The van der Waals surface area contributed by atoms with Gasteiger partial charge in [0.15, 0.2) is 24.8 Å². The van der Waals surface area contributed by atoms with Gasteiger partial charge in [-0.3, -0.25) is 38.4 Å². The second-order valence-electron chi connectivity index (χ2n) is 19.5. The molecule has 12 atom stereocenters. The van der Waals surface area contributed by atoms with Crippen LogP contribution in [-0.2, 0) is 47.8 Å². The lowest BCUT2D eigenvalue weighted by atomic mass is 9.46. The van der Waals surface area contributed by atoms with E-state index in [0.29, 0.717) is 38.5 Å². The number of rotatable bonds is 9. The Morgan fingerprint density at radius 2 is 1.00 bits per heavy atom. The van der Waals surface area contributed by atoms with Gasteiger partial charge in [-0.2, -0.15) is 0 Å². The molecule has 0 aromatic carbocycles. The van der Waals surface area contributed by atoms with Crippen LogP contribution < -0.4 is 0 Å². The van der Waals surface area contributed by atoms with Crippen molar-refractivity contribution in [2.45, 2.75) is 116 Å². The van der Waals surface area contributed by atoms with Crippen LogP contribution in [0.5, 0.6) is 0 Å². The Morgan fingerprint density at radius 3 is 1.38 bits per heavy atom. The number of carbonyl (C=O) groups is 8. The molecule has 58 heavy (non-hydrogen) atoms. The molecule has 0 amide bonds. The van der Waals surface area contributed by atoms with Crippen molar-refractivity contribution in [3.8, 4) is 0 Å². The van der Waals surface area contributed by atoms with Gasteiger partial charge in [-0.15, -0.1) is 0 Å². The molecule has 8 aliphatic rings. The standard InChI is InChI=1S/C46H54O12/c1-41-15-11-27(47)19-25(41)5-7-29-31-13-17-45(55,43(31,3)21-33(49)39(29)41)35(51)23-57-37(53)9-10-38(54)58-24-36(52)46(56)18-14-32-30-8-6-26-20-28(48)12-16-42(26,2)40(30)34(50)22-44(32,46)4/h11-12,15-16,19-20,29-32,39-40,55-56H,5-10,13-14,17-18,21-24H2,1-4H3/t29-,30-,31-,32-,39+,40+,41-,42-,43-,44-,45-,46-/m0/s1. The molecule has 6 fully saturated rings. The molecule has 6 saturated carbocycles. The van der Waals surface area contributed by atoms with E-state index in [-0.39, 0.29) is 84.3 Å². The monoisotopic (exact) mass is 798 g/mol. The van der Waals surface area contributed by atoms with Crippen LogP contribution in [0.3, 0.4) is 0 Å². The summed E-state index contributed by atoms with van der Waals surface area (Å²) in [6.45, 7) is 6.06. The van der Waals surface area contributed by atoms with Gasteiger partial charge in [0.05, 0.1) is 12.8 Å². The Hall–Kier alpha value is -4.16. The topological polar surface area (TPSA) is 195 Å². The third-order valence-electron chi connectivity index (χ3n) is 17.0. The van der Waals surface area contributed by atoms with Crippen molar-refractivity contribution >= 4 is 46.6 Å². The molecule has 0 aromatic heterocycles. The second-order valence-corrected chi connectivity index (χ2v) is 19.5. The highest BCUT2D eigenvalue weighted by molar-refractivity contribution is 6.03. The molecular formula is C46H54O12. The maximum Gasteiger partial charge on any atom is 0.306 e. The van der Waals surface area contributed by atoms with Crippen molar-refractivity contribution in [3.63, 3.8) is 0 Å². The first-order valence-corrected chi connectivity index (χ1v) is 21.0. The number of ether oxygens (including phenoxy) is 2. The smallest absolute Gasteiger partial charge is 0.306 e. The molecule has 2 N–H and O–H groups in total. The fourth-order valence-corrected chi connectivity index (χ4v) is 13.9. The summed E-state index contributed by atoms with van der Waals surface area (Å²) in [6, 6.07) is 0. The first-order valence-electron chi connectivity index (χ1n) is 21.0. The van der Waals surface area contributed by atoms with Gasteiger partial charge in [-0.05, 0) is 99.3 Å². The molecule has 0 spiro atoms. The number of hydrogen-bond acceptors (Lipinski definition) is 12. The summed E-state index contributed by atoms with van der Waals surface area (Å²) in [6.07, 6.45) is 13.0. The summed E-state index contributed by atoms with van der Waals surface area (Å²) >= 11 is 0. The number of ketones is 6. The van der Waals surface area contributed by atoms with Crippen LogP contribution in [0, 0.1) is 57.2 Å². The number of aliphatic hydroxyl groups is 2. The lowest BCUT2D eigenvalue weighted by Crippen LogP contribution is -2.60. The average Bonchev–Trinajstić information content (AvgIpc) is 3.60. The summed E-state index contributed by atoms with van der Waals surface area (Å²) in [5, 5.41) is 23.8. The Bertz CT molecular complexity index is 1910. The Labute approximate surface area is 337 Å². The van der Waals surface area contributed by atoms with Gasteiger partial charge in [0.1, 0.15) is 22.8 Å². The van der Waals surface area contributed by atoms with Gasteiger partial charge in [0.25, 0.3) is 0 Å². The summed E-state index contributed by atoms with van der Waals surface area (Å²) in [5.74, 6) is -4.60. The predicted molar refractivity (Wildman–Crippen MR) is 205 cm³/mol. The molecule has 12 nitrogen and oxygen atoms in total. The minimum atomic E-state index is -1.89. The highest BCUT2D eigenvalue weighted by Crippen LogP contribution is 2.67. The first-order chi connectivity index (χ1) is 27.2. The molecule has 0 aliphatic heterocycles. The van der Waals surface area contributed by atoms with E-state index < -0.39 is 82.4 Å². The average molecular weight is 799 g/mol. The molecular weight excluding hydrogens is 744 g/mol. The normalized spacial score (nSPS) is 43.5. The fraction of sp³-hybridized carbons (Fsp3) is 0.652. The number of fused-ring (bicyclic) bond motifs is 10. The molecule has 12 heteroatoms.